The van der Waals surface area contributed by atoms with E-state index in [2.05, 4.69) is 25.2 Å². The quantitative estimate of drug-likeness (QED) is 0.553. The summed E-state index contributed by atoms with van der Waals surface area (Å²) in [4.78, 5) is 13.3. The fraction of sp³-hybridized carbons (Fsp3) is 0.353. The molecule has 25 heavy (non-hydrogen) atoms. The third kappa shape index (κ3) is 2.59. The first kappa shape index (κ1) is 15.5. The average Bonchev–Trinajstić information content (AvgIpc) is 3.24. The van der Waals surface area contributed by atoms with Crippen LogP contribution >= 0.6 is 0 Å². The summed E-state index contributed by atoms with van der Waals surface area (Å²) in [6, 6.07) is 1.92. The van der Waals surface area contributed by atoms with Crippen LogP contribution in [0.3, 0.4) is 0 Å². The van der Waals surface area contributed by atoms with Gasteiger partial charge in [-0.05, 0) is 13.8 Å². The molecule has 4 aromatic rings. The van der Waals surface area contributed by atoms with Crippen molar-refractivity contribution < 1.29 is 8.94 Å². The number of aryl methyl sites for hydroxylation is 2. The molecule has 0 saturated heterocycles. The molecule has 0 saturated carbocycles. The van der Waals surface area contributed by atoms with Gasteiger partial charge in [0.25, 0.3) is 5.89 Å². The minimum Gasteiger partial charge on any atom is -0.448 e. The van der Waals surface area contributed by atoms with Gasteiger partial charge < -0.3 is 8.94 Å². The van der Waals surface area contributed by atoms with Crippen LogP contribution in [0.15, 0.2) is 27.5 Å². The second kappa shape index (κ2) is 5.23. The van der Waals surface area contributed by atoms with Crippen molar-refractivity contribution in [2.75, 3.05) is 0 Å². The van der Waals surface area contributed by atoms with Gasteiger partial charge in [-0.2, -0.15) is 10.1 Å². The van der Waals surface area contributed by atoms with E-state index < -0.39 is 0 Å². The van der Waals surface area contributed by atoms with Crippen LogP contribution in [-0.2, 0) is 5.41 Å². The molecule has 0 aliphatic rings. The van der Waals surface area contributed by atoms with Gasteiger partial charge in [-0.15, -0.1) is 0 Å². The fourth-order valence-corrected chi connectivity index (χ4v) is 2.53. The van der Waals surface area contributed by atoms with Crippen molar-refractivity contribution in [1.82, 2.24) is 29.7 Å². The first-order chi connectivity index (χ1) is 11.8. The highest BCUT2D eigenvalue weighted by Gasteiger charge is 2.23. The van der Waals surface area contributed by atoms with E-state index >= 15 is 0 Å². The summed E-state index contributed by atoms with van der Waals surface area (Å²) in [6.07, 6.45) is 3.26. The van der Waals surface area contributed by atoms with E-state index in [1.165, 1.54) is 0 Å². The van der Waals surface area contributed by atoms with E-state index in [1.54, 1.807) is 17.0 Å². The Balaban J connectivity index is 1.74. The van der Waals surface area contributed by atoms with Crippen molar-refractivity contribution in [2.24, 2.45) is 0 Å². The summed E-state index contributed by atoms with van der Waals surface area (Å²) in [7, 11) is 0. The van der Waals surface area contributed by atoms with Crippen LogP contribution in [0.1, 0.15) is 38.0 Å². The third-order valence-electron chi connectivity index (χ3n) is 3.88. The predicted octanol–water partition coefficient (Wildman–Crippen LogP) is 3.35. The van der Waals surface area contributed by atoms with Gasteiger partial charge in [-0.25, -0.2) is 14.5 Å². The van der Waals surface area contributed by atoms with Crippen molar-refractivity contribution in [3.05, 3.63) is 35.8 Å². The van der Waals surface area contributed by atoms with E-state index in [9.17, 15) is 0 Å². The topological polar surface area (TPSA) is 95.1 Å². The summed E-state index contributed by atoms with van der Waals surface area (Å²) < 4.78 is 12.7. The van der Waals surface area contributed by atoms with E-state index in [-0.39, 0.29) is 5.41 Å². The van der Waals surface area contributed by atoms with Crippen LogP contribution in [0.2, 0.25) is 0 Å². The lowest BCUT2D eigenvalue weighted by Crippen LogP contribution is -2.11. The summed E-state index contributed by atoms with van der Waals surface area (Å²) >= 11 is 0. The van der Waals surface area contributed by atoms with Gasteiger partial charge in [0.15, 0.2) is 17.2 Å². The molecule has 8 nitrogen and oxygen atoms in total. The summed E-state index contributed by atoms with van der Waals surface area (Å²) in [5.41, 5.74) is 3.65. The maximum atomic E-state index is 5.52. The molecule has 0 bridgehead atoms. The number of oxazole rings is 1. The smallest absolute Gasteiger partial charge is 0.261 e. The lowest BCUT2D eigenvalue weighted by atomic mass is 9.97. The molecule has 4 heterocycles. The van der Waals surface area contributed by atoms with Crippen LogP contribution < -0.4 is 0 Å². The highest BCUT2D eigenvalue weighted by molar-refractivity contribution is 5.60. The Kier molecular flexibility index (Phi) is 3.24. The Morgan fingerprint density at radius 1 is 1.12 bits per heavy atom. The molecule has 0 N–H and O–H groups in total. The molecule has 4 rings (SSSR count). The summed E-state index contributed by atoms with van der Waals surface area (Å²) in [5.74, 6) is 1.38. The predicted molar refractivity (Wildman–Crippen MR) is 90.0 cm³/mol. The zero-order valence-electron chi connectivity index (χ0n) is 14.7. The Bertz CT molecular complexity index is 1070. The maximum Gasteiger partial charge on any atom is 0.261 e. The minimum atomic E-state index is -0.186. The zero-order valence-corrected chi connectivity index (χ0v) is 14.7. The van der Waals surface area contributed by atoms with Crippen molar-refractivity contribution in [3.8, 4) is 23.0 Å². The van der Waals surface area contributed by atoms with Crippen LogP contribution in [-0.4, -0.2) is 29.7 Å². The highest BCUT2D eigenvalue weighted by atomic mass is 16.5. The first-order valence-corrected chi connectivity index (χ1v) is 7.95. The minimum absolute atomic E-state index is 0.186. The first-order valence-electron chi connectivity index (χ1n) is 7.95. The molecule has 0 fully saturated rings. The molecule has 0 atom stereocenters. The molecule has 0 aliphatic carbocycles. The van der Waals surface area contributed by atoms with Gasteiger partial charge >= 0.3 is 0 Å². The highest BCUT2D eigenvalue weighted by Crippen LogP contribution is 2.27. The summed E-state index contributed by atoms with van der Waals surface area (Å²) in [5, 5.41) is 8.45. The SMILES string of the molecule is Cc1cc2ncc(-c3nc(-c4coc(C(C)(C)C)n4)no3)c(C)n2n1. The zero-order chi connectivity index (χ0) is 17.8. The van der Waals surface area contributed by atoms with E-state index in [0.717, 1.165) is 22.6 Å². The van der Waals surface area contributed by atoms with Crippen LogP contribution in [0, 0.1) is 13.8 Å². The molecule has 0 aromatic carbocycles. The van der Waals surface area contributed by atoms with Gasteiger partial charge in [0.1, 0.15) is 6.26 Å². The van der Waals surface area contributed by atoms with Crippen molar-refractivity contribution in [1.29, 1.82) is 0 Å². The van der Waals surface area contributed by atoms with Crippen molar-refractivity contribution in [2.45, 2.75) is 40.0 Å². The van der Waals surface area contributed by atoms with Gasteiger partial charge in [0.05, 0.1) is 17.0 Å². The molecule has 0 amide bonds. The molecule has 0 aliphatic heterocycles. The third-order valence-corrected chi connectivity index (χ3v) is 3.88. The average molecular weight is 338 g/mol. The van der Waals surface area contributed by atoms with Crippen LogP contribution in [0.25, 0.3) is 28.6 Å². The lowest BCUT2D eigenvalue weighted by Gasteiger charge is -2.11. The monoisotopic (exact) mass is 338 g/mol. The normalized spacial score (nSPS) is 12.2. The van der Waals surface area contributed by atoms with Gasteiger partial charge in [-0.1, -0.05) is 25.9 Å². The molecule has 8 heteroatoms. The van der Waals surface area contributed by atoms with E-state index in [0.29, 0.717) is 23.3 Å². The molecule has 4 aromatic heterocycles. The summed E-state index contributed by atoms with van der Waals surface area (Å²) in [6.45, 7) is 9.95. The molecular formula is C17H18N6O2. The number of nitrogens with zero attached hydrogens (tertiary/aromatic N) is 6. The van der Waals surface area contributed by atoms with Gasteiger partial charge in [0, 0.05) is 17.7 Å². The Morgan fingerprint density at radius 2 is 1.92 bits per heavy atom. The standard InChI is InChI=1S/C17H18N6O2/c1-9-6-13-18-7-11(10(2)23(13)21-9)15-20-14(22-25-15)12-8-24-16(19-12)17(3,4)5/h6-8H,1-5H3. The van der Waals surface area contributed by atoms with Crippen molar-refractivity contribution >= 4 is 5.65 Å². The lowest BCUT2D eigenvalue weighted by molar-refractivity contribution is 0.392. The molecule has 0 spiro atoms. The number of hydrogen-bond donors (Lipinski definition) is 0. The Morgan fingerprint density at radius 3 is 2.64 bits per heavy atom. The second-order valence-corrected chi connectivity index (χ2v) is 7.02. The molecule has 0 unspecified atom stereocenters. The number of hydrogen-bond acceptors (Lipinski definition) is 7. The van der Waals surface area contributed by atoms with E-state index in [4.69, 9.17) is 8.94 Å². The van der Waals surface area contributed by atoms with Crippen LogP contribution in [0.5, 0.6) is 0 Å². The molecule has 128 valence electrons. The second-order valence-electron chi connectivity index (χ2n) is 7.02. The van der Waals surface area contributed by atoms with Crippen LogP contribution in [0.4, 0.5) is 0 Å². The van der Waals surface area contributed by atoms with E-state index in [1.807, 2.05) is 40.7 Å². The Labute approximate surface area is 143 Å². The molecule has 0 radical (unpaired) electrons. The van der Waals surface area contributed by atoms with Gasteiger partial charge in [0.2, 0.25) is 5.82 Å². The number of aromatic nitrogens is 6. The largest absolute Gasteiger partial charge is 0.448 e. The Hall–Kier alpha value is -3.03. The van der Waals surface area contributed by atoms with Gasteiger partial charge in [-0.3, -0.25) is 0 Å². The van der Waals surface area contributed by atoms with Crippen molar-refractivity contribution in [3.63, 3.8) is 0 Å². The fourth-order valence-electron chi connectivity index (χ4n) is 2.53. The number of fused-ring (bicyclic) bond motifs is 1. The maximum absolute atomic E-state index is 5.52. The number of rotatable bonds is 2. The molecular weight excluding hydrogens is 320 g/mol.